The Morgan fingerprint density at radius 3 is 2.73 bits per heavy atom. The van der Waals surface area contributed by atoms with Crippen LogP contribution in [0.2, 0.25) is 0 Å². The van der Waals surface area contributed by atoms with Gasteiger partial charge in [-0.1, -0.05) is 18.2 Å². The van der Waals surface area contributed by atoms with Crippen molar-refractivity contribution in [2.24, 2.45) is 0 Å². The average molecular weight is 180 g/mol. The highest BCUT2D eigenvalue weighted by Gasteiger charge is 1.86. The van der Waals surface area contributed by atoms with Gasteiger partial charge in [-0.05, 0) is 35.4 Å². The molecule has 0 aromatic heterocycles. The summed E-state index contributed by atoms with van der Waals surface area (Å²) in [5.74, 6) is 0.910. The van der Waals surface area contributed by atoms with Gasteiger partial charge in [-0.25, -0.2) is 0 Å². The van der Waals surface area contributed by atoms with E-state index >= 15 is 0 Å². The van der Waals surface area contributed by atoms with Crippen LogP contribution in [-0.4, -0.2) is 10.8 Å². The minimum atomic E-state index is 0.910. The highest BCUT2D eigenvalue weighted by Crippen LogP contribution is 2.15. The lowest BCUT2D eigenvalue weighted by molar-refractivity contribution is 1.46. The predicted molar refractivity (Wildman–Crippen MR) is 54.3 cm³/mol. The van der Waals surface area contributed by atoms with Gasteiger partial charge >= 0.3 is 0 Å². The molecule has 11 heavy (non-hydrogen) atoms. The van der Waals surface area contributed by atoms with E-state index in [2.05, 4.69) is 29.4 Å². The molecule has 0 bridgehead atoms. The molecule has 0 saturated carbocycles. The van der Waals surface area contributed by atoms with Crippen LogP contribution in [0.15, 0.2) is 41.3 Å². The minimum absolute atomic E-state index is 0.910. The molecule has 0 N–H and O–H groups in total. The zero-order valence-corrected chi connectivity index (χ0v) is 7.62. The first-order chi connectivity index (χ1) is 5.43. The lowest BCUT2D eigenvalue weighted by atomic mass is 10.4. The monoisotopic (exact) mass is 180 g/mol. The van der Waals surface area contributed by atoms with E-state index in [0.717, 1.165) is 5.75 Å². The van der Waals surface area contributed by atoms with Crippen LogP contribution in [0.4, 0.5) is 0 Å². The van der Waals surface area contributed by atoms with Crippen LogP contribution in [0, 0.1) is 0 Å². The van der Waals surface area contributed by atoms with Crippen LogP contribution in [0.1, 0.15) is 0 Å². The third-order valence-electron chi connectivity index (χ3n) is 1.16. The van der Waals surface area contributed by atoms with E-state index in [1.807, 2.05) is 24.3 Å². The van der Waals surface area contributed by atoms with Gasteiger partial charge in [0.25, 0.3) is 0 Å². The van der Waals surface area contributed by atoms with Crippen molar-refractivity contribution in [1.82, 2.24) is 0 Å². The van der Waals surface area contributed by atoms with Crippen molar-refractivity contribution in [2.45, 2.75) is 4.90 Å². The zero-order valence-electron chi connectivity index (χ0n) is 5.99. The lowest BCUT2D eigenvalue weighted by Gasteiger charge is -1.94. The second-order valence-electron chi connectivity index (χ2n) is 1.95. The first kappa shape index (κ1) is 8.54. The number of rotatable bonds is 3. The molecular weight excluding hydrogens is 172 g/mol. The van der Waals surface area contributed by atoms with Crippen LogP contribution in [0.3, 0.4) is 0 Å². The third kappa shape index (κ3) is 3.38. The molecule has 1 aromatic carbocycles. The molecule has 1 rings (SSSR count). The Kier molecular flexibility index (Phi) is 3.99. The van der Waals surface area contributed by atoms with E-state index in [1.54, 1.807) is 11.8 Å². The van der Waals surface area contributed by atoms with E-state index in [-0.39, 0.29) is 0 Å². The smallest absolute Gasteiger partial charge is 0.0245 e. The summed E-state index contributed by atoms with van der Waals surface area (Å²) in [6, 6.07) is 10.2. The van der Waals surface area contributed by atoms with Crippen LogP contribution in [0.25, 0.3) is 0 Å². The Labute approximate surface area is 76.3 Å². The van der Waals surface area contributed by atoms with Crippen molar-refractivity contribution in [3.63, 3.8) is 0 Å². The molecule has 56 valence electrons. The third-order valence-corrected chi connectivity index (χ3v) is 2.27. The molecule has 0 atom stereocenters. The van der Waals surface area contributed by atoms with E-state index in [4.69, 9.17) is 0 Å². The van der Waals surface area contributed by atoms with E-state index in [0.29, 0.717) is 0 Å². The topological polar surface area (TPSA) is 0 Å². The molecule has 0 amide bonds. The molecule has 0 unspecified atom stereocenters. The number of hydrogen-bond acceptors (Lipinski definition) is 2. The molecule has 0 nitrogen and oxygen atoms in total. The number of thioether (sulfide) groups is 1. The van der Waals surface area contributed by atoms with E-state index in [9.17, 15) is 0 Å². The molecule has 0 aliphatic carbocycles. The van der Waals surface area contributed by atoms with Crippen LogP contribution >= 0.6 is 24.0 Å². The summed E-state index contributed by atoms with van der Waals surface area (Å²) >= 11 is 6.31. The SMILES string of the molecule is S=C=CCSc1ccccc1. The quantitative estimate of drug-likeness (QED) is 0.518. The van der Waals surface area contributed by atoms with Crippen molar-refractivity contribution < 1.29 is 0 Å². The standard InChI is InChI=1S/C9H8S2/c10-7-4-8-11-9-5-2-1-3-6-9/h1-6H,8H2. The fourth-order valence-electron chi connectivity index (χ4n) is 0.689. The van der Waals surface area contributed by atoms with Crippen molar-refractivity contribution in [3.8, 4) is 0 Å². The van der Waals surface area contributed by atoms with Gasteiger partial charge in [-0.3, -0.25) is 0 Å². The lowest BCUT2D eigenvalue weighted by Crippen LogP contribution is -1.71. The van der Waals surface area contributed by atoms with E-state index < -0.39 is 0 Å². The fourth-order valence-corrected chi connectivity index (χ4v) is 1.59. The molecule has 0 radical (unpaired) electrons. The maximum absolute atomic E-state index is 4.55. The van der Waals surface area contributed by atoms with Crippen molar-refractivity contribution in [3.05, 3.63) is 36.4 Å². The molecule has 0 fully saturated rings. The summed E-state index contributed by atoms with van der Waals surface area (Å²) in [6.07, 6.45) is 1.85. The second-order valence-corrected chi connectivity index (χ2v) is 3.28. The summed E-state index contributed by atoms with van der Waals surface area (Å²) < 4.78 is 0. The highest BCUT2D eigenvalue weighted by atomic mass is 32.2. The highest BCUT2D eigenvalue weighted by molar-refractivity contribution is 7.99. The van der Waals surface area contributed by atoms with Gasteiger partial charge in [0.05, 0.1) is 0 Å². The molecule has 0 saturated heterocycles. The summed E-state index contributed by atoms with van der Waals surface area (Å²) in [6.45, 7) is 0. The Bertz CT molecular complexity index is 248. The van der Waals surface area contributed by atoms with Crippen LogP contribution in [-0.2, 0) is 0 Å². The summed E-state index contributed by atoms with van der Waals surface area (Å²) in [7, 11) is 0. The van der Waals surface area contributed by atoms with Gasteiger partial charge in [0, 0.05) is 10.6 Å². The molecule has 2 heteroatoms. The molecule has 0 aliphatic heterocycles. The maximum Gasteiger partial charge on any atom is 0.0245 e. The summed E-state index contributed by atoms with van der Waals surface area (Å²) in [5, 5.41) is 2.58. The first-order valence-corrected chi connectivity index (χ1v) is 4.70. The number of hydrogen-bond donors (Lipinski definition) is 0. The van der Waals surface area contributed by atoms with Gasteiger partial charge < -0.3 is 0 Å². The molecule has 1 aromatic rings. The second kappa shape index (κ2) is 5.14. The molecule has 0 heterocycles. The van der Waals surface area contributed by atoms with Gasteiger partial charge in [0.1, 0.15) is 0 Å². The largest absolute Gasteiger partial charge is 0.121 e. The Morgan fingerprint density at radius 2 is 2.09 bits per heavy atom. The Morgan fingerprint density at radius 1 is 1.36 bits per heavy atom. The van der Waals surface area contributed by atoms with Crippen molar-refractivity contribution in [1.29, 1.82) is 0 Å². The first-order valence-electron chi connectivity index (χ1n) is 3.30. The van der Waals surface area contributed by atoms with E-state index in [1.165, 1.54) is 4.90 Å². The molecule has 0 aliphatic rings. The van der Waals surface area contributed by atoms with Gasteiger partial charge in [-0.2, -0.15) is 0 Å². The predicted octanol–water partition coefficient (Wildman–Crippen LogP) is 2.93. The Balaban J connectivity index is 2.45. The Hall–Kier alpha value is -0.560. The van der Waals surface area contributed by atoms with Gasteiger partial charge in [-0.15, -0.1) is 11.8 Å². The van der Waals surface area contributed by atoms with Crippen molar-refractivity contribution >= 4 is 29.0 Å². The van der Waals surface area contributed by atoms with Crippen LogP contribution in [0.5, 0.6) is 0 Å². The minimum Gasteiger partial charge on any atom is -0.121 e. The fraction of sp³-hybridized carbons (Fsp3) is 0.111. The van der Waals surface area contributed by atoms with Gasteiger partial charge in [0.2, 0.25) is 0 Å². The maximum atomic E-state index is 4.55. The number of thiocarbonyl (C=S) groups is 1. The van der Waals surface area contributed by atoms with Gasteiger partial charge in [0.15, 0.2) is 0 Å². The zero-order chi connectivity index (χ0) is 7.94. The number of benzene rings is 1. The average Bonchev–Trinajstić information content (AvgIpc) is 2.07. The van der Waals surface area contributed by atoms with Crippen LogP contribution < -0.4 is 0 Å². The summed E-state index contributed by atoms with van der Waals surface area (Å²) in [5.41, 5.74) is 0. The summed E-state index contributed by atoms with van der Waals surface area (Å²) in [4.78, 5) is 1.27. The molecule has 0 spiro atoms. The molecular formula is C9H8S2. The normalized spacial score (nSPS) is 8.73. The van der Waals surface area contributed by atoms with Crippen molar-refractivity contribution in [2.75, 3.05) is 5.75 Å².